The molecule has 0 atom stereocenters. The van der Waals surface area contributed by atoms with Crippen LogP contribution in [0.3, 0.4) is 0 Å². The lowest BCUT2D eigenvalue weighted by atomic mass is 10.0. The van der Waals surface area contributed by atoms with Crippen molar-refractivity contribution >= 4 is 27.4 Å². The van der Waals surface area contributed by atoms with Gasteiger partial charge in [0.2, 0.25) is 0 Å². The molecule has 0 fully saturated rings. The van der Waals surface area contributed by atoms with Crippen LogP contribution in [0.2, 0.25) is 0 Å². The second-order valence-corrected chi connectivity index (χ2v) is 5.00. The summed E-state index contributed by atoms with van der Waals surface area (Å²) in [5.41, 5.74) is 8.23. The summed E-state index contributed by atoms with van der Waals surface area (Å²) in [6.07, 6.45) is 1.28. The van der Waals surface area contributed by atoms with Crippen LogP contribution in [0, 0.1) is 0 Å². The number of anilines is 1. The summed E-state index contributed by atoms with van der Waals surface area (Å²) >= 11 is 3.33. The monoisotopic (exact) mass is 303 g/mol. The van der Waals surface area contributed by atoms with E-state index in [0.717, 1.165) is 10.9 Å². The summed E-state index contributed by atoms with van der Waals surface area (Å²) in [4.78, 5) is 12.0. The average Bonchev–Trinajstić information content (AvgIpc) is 2.40. The zero-order valence-corrected chi connectivity index (χ0v) is 11.5. The maximum absolute atomic E-state index is 12.0. The van der Waals surface area contributed by atoms with E-state index in [1.165, 1.54) is 5.56 Å². The van der Waals surface area contributed by atoms with Gasteiger partial charge in [0.05, 0.1) is 0 Å². The van der Waals surface area contributed by atoms with Gasteiger partial charge >= 0.3 is 0 Å². The first kappa shape index (κ1) is 12.8. The summed E-state index contributed by atoms with van der Waals surface area (Å²) in [6, 6.07) is 15.3. The molecule has 0 aliphatic carbocycles. The van der Waals surface area contributed by atoms with Crippen molar-refractivity contribution in [2.45, 2.75) is 12.8 Å². The Hall–Kier alpha value is -1.61. The highest BCUT2D eigenvalue weighted by Crippen LogP contribution is 2.21. The van der Waals surface area contributed by atoms with E-state index >= 15 is 0 Å². The van der Waals surface area contributed by atoms with Crippen LogP contribution >= 0.6 is 15.9 Å². The van der Waals surface area contributed by atoms with Crippen LogP contribution in [0.5, 0.6) is 0 Å². The van der Waals surface area contributed by atoms with E-state index in [-0.39, 0.29) is 5.78 Å². The normalized spacial score (nSPS) is 10.3. The number of aryl methyl sites for hydroxylation is 1. The van der Waals surface area contributed by atoms with Crippen LogP contribution < -0.4 is 5.73 Å². The van der Waals surface area contributed by atoms with Crippen molar-refractivity contribution in [2.24, 2.45) is 0 Å². The van der Waals surface area contributed by atoms with Crippen molar-refractivity contribution in [3.63, 3.8) is 0 Å². The zero-order chi connectivity index (χ0) is 13.0. The number of rotatable bonds is 4. The van der Waals surface area contributed by atoms with E-state index < -0.39 is 0 Å². The Morgan fingerprint density at radius 1 is 1.11 bits per heavy atom. The molecule has 0 amide bonds. The summed E-state index contributed by atoms with van der Waals surface area (Å²) in [6.45, 7) is 0. The smallest absolute Gasteiger partial charge is 0.163 e. The van der Waals surface area contributed by atoms with Crippen molar-refractivity contribution in [3.05, 3.63) is 64.1 Å². The van der Waals surface area contributed by atoms with Crippen LogP contribution in [0.4, 0.5) is 5.69 Å². The van der Waals surface area contributed by atoms with Gasteiger partial charge in [-0.1, -0.05) is 30.3 Å². The minimum atomic E-state index is 0.138. The van der Waals surface area contributed by atoms with E-state index in [4.69, 9.17) is 5.73 Å². The average molecular weight is 304 g/mol. The van der Waals surface area contributed by atoms with Gasteiger partial charge in [0.15, 0.2) is 5.78 Å². The molecule has 2 aromatic carbocycles. The predicted octanol–water partition coefficient (Wildman–Crippen LogP) is 3.85. The molecule has 3 heteroatoms. The molecule has 0 bridgehead atoms. The Kier molecular flexibility index (Phi) is 4.15. The number of halogens is 1. The quantitative estimate of drug-likeness (QED) is 0.689. The van der Waals surface area contributed by atoms with Crippen molar-refractivity contribution in [1.82, 2.24) is 0 Å². The van der Waals surface area contributed by atoms with Crippen LogP contribution in [-0.4, -0.2) is 5.78 Å². The number of nitrogen functional groups attached to an aromatic ring is 1. The molecule has 0 aliphatic heterocycles. The first-order valence-corrected chi connectivity index (χ1v) is 6.58. The molecule has 0 aliphatic rings. The largest absolute Gasteiger partial charge is 0.398 e. The zero-order valence-electron chi connectivity index (χ0n) is 9.90. The van der Waals surface area contributed by atoms with Gasteiger partial charge in [-0.25, -0.2) is 0 Å². The fourth-order valence-electron chi connectivity index (χ4n) is 1.75. The number of benzene rings is 2. The van der Waals surface area contributed by atoms with Crippen molar-refractivity contribution in [1.29, 1.82) is 0 Å². The molecular weight excluding hydrogens is 290 g/mol. The van der Waals surface area contributed by atoms with Crippen LogP contribution in [-0.2, 0) is 6.42 Å². The van der Waals surface area contributed by atoms with Crippen molar-refractivity contribution < 1.29 is 4.79 Å². The van der Waals surface area contributed by atoms with Crippen molar-refractivity contribution in [2.75, 3.05) is 5.73 Å². The molecule has 2 N–H and O–H groups in total. The molecular formula is C15H14BrNO. The van der Waals surface area contributed by atoms with Crippen LogP contribution in [0.25, 0.3) is 0 Å². The lowest BCUT2D eigenvalue weighted by Crippen LogP contribution is -2.02. The summed E-state index contributed by atoms with van der Waals surface area (Å²) in [5, 5.41) is 0. The van der Waals surface area contributed by atoms with Gasteiger partial charge in [-0.15, -0.1) is 0 Å². The fraction of sp³-hybridized carbons (Fsp3) is 0.133. The molecule has 0 radical (unpaired) electrons. The van der Waals surface area contributed by atoms with Crippen molar-refractivity contribution in [3.8, 4) is 0 Å². The van der Waals surface area contributed by atoms with Crippen LogP contribution in [0.1, 0.15) is 22.3 Å². The SMILES string of the molecule is Nc1ccc(C(=O)CCc2ccccc2)cc1Br. The molecule has 0 spiro atoms. The van der Waals surface area contributed by atoms with Gasteiger partial charge < -0.3 is 5.73 Å². The maximum Gasteiger partial charge on any atom is 0.163 e. The first-order chi connectivity index (χ1) is 8.66. The van der Waals surface area contributed by atoms with E-state index in [2.05, 4.69) is 15.9 Å². The maximum atomic E-state index is 12.0. The van der Waals surface area contributed by atoms with E-state index in [1.54, 1.807) is 18.2 Å². The Labute approximate surface area is 115 Å². The standard InChI is InChI=1S/C15H14BrNO/c16-13-10-12(7-8-14(13)17)15(18)9-6-11-4-2-1-3-5-11/h1-5,7-8,10H,6,9,17H2. The van der Waals surface area contributed by atoms with Gasteiger partial charge in [-0.2, -0.15) is 0 Å². The Balaban J connectivity index is 2.02. The first-order valence-electron chi connectivity index (χ1n) is 5.79. The number of carbonyl (C=O) groups excluding carboxylic acids is 1. The highest BCUT2D eigenvalue weighted by Gasteiger charge is 2.07. The fourth-order valence-corrected chi connectivity index (χ4v) is 2.13. The molecule has 2 rings (SSSR count). The van der Waals surface area contributed by atoms with E-state index in [1.807, 2.05) is 30.3 Å². The lowest BCUT2D eigenvalue weighted by molar-refractivity contribution is 0.0983. The summed E-state index contributed by atoms with van der Waals surface area (Å²) in [7, 11) is 0. The summed E-state index contributed by atoms with van der Waals surface area (Å²) in [5.74, 6) is 0.138. The molecule has 0 saturated heterocycles. The van der Waals surface area contributed by atoms with E-state index in [9.17, 15) is 4.79 Å². The Morgan fingerprint density at radius 3 is 2.50 bits per heavy atom. The second-order valence-electron chi connectivity index (χ2n) is 4.15. The highest BCUT2D eigenvalue weighted by atomic mass is 79.9. The van der Waals surface area contributed by atoms with Gasteiger partial charge in [-0.05, 0) is 46.1 Å². The molecule has 0 aromatic heterocycles. The number of carbonyl (C=O) groups is 1. The molecule has 2 nitrogen and oxygen atoms in total. The van der Waals surface area contributed by atoms with Crippen LogP contribution in [0.15, 0.2) is 53.0 Å². The molecule has 18 heavy (non-hydrogen) atoms. The topological polar surface area (TPSA) is 43.1 Å². The number of Topliss-reactive ketones (excluding diaryl/α,β-unsaturated/α-hetero) is 1. The summed E-state index contributed by atoms with van der Waals surface area (Å²) < 4.78 is 0.771. The minimum absolute atomic E-state index is 0.138. The number of hydrogen-bond donors (Lipinski definition) is 1. The second kappa shape index (κ2) is 5.83. The molecule has 0 unspecified atom stereocenters. The molecule has 2 aromatic rings. The third kappa shape index (κ3) is 3.20. The van der Waals surface area contributed by atoms with E-state index in [0.29, 0.717) is 17.7 Å². The lowest BCUT2D eigenvalue weighted by Gasteiger charge is -2.04. The van der Waals surface area contributed by atoms with Gasteiger partial charge in [0.1, 0.15) is 0 Å². The van der Waals surface area contributed by atoms with Gasteiger partial charge in [-0.3, -0.25) is 4.79 Å². The molecule has 92 valence electrons. The predicted molar refractivity (Wildman–Crippen MR) is 77.6 cm³/mol. The van der Waals surface area contributed by atoms with Gasteiger partial charge in [0, 0.05) is 22.1 Å². The highest BCUT2D eigenvalue weighted by molar-refractivity contribution is 9.10. The molecule has 0 saturated carbocycles. The van der Waals surface area contributed by atoms with Gasteiger partial charge in [0.25, 0.3) is 0 Å². The Bertz CT molecular complexity index is 552. The number of hydrogen-bond acceptors (Lipinski definition) is 2. The molecule has 0 heterocycles. The number of ketones is 1. The minimum Gasteiger partial charge on any atom is -0.398 e. The number of nitrogens with two attached hydrogens (primary N) is 1. The third-order valence-corrected chi connectivity index (χ3v) is 3.49. The Morgan fingerprint density at radius 2 is 1.83 bits per heavy atom. The third-order valence-electron chi connectivity index (χ3n) is 2.81.